The van der Waals surface area contributed by atoms with Gasteiger partial charge in [0.1, 0.15) is 5.75 Å². The summed E-state index contributed by atoms with van der Waals surface area (Å²) in [7, 11) is -2.26. The minimum absolute atomic E-state index is 0.0470. The van der Waals surface area contributed by atoms with Gasteiger partial charge in [-0.05, 0) is 36.4 Å². The van der Waals surface area contributed by atoms with E-state index in [0.717, 1.165) is 0 Å². The summed E-state index contributed by atoms with van der Waals surface area (Å²) in [5, 5.41) is 0.225. The molecule has 0 aliphatic rings. The van der Waals surface area contributed by atoms with Crippen LogP contribution in [0.15, 0.2) is 47.4 Å². The molecule has 0 saturated heterocycles. The summed E-state index contributed by atoms with van der Waals surface area (Å²) in [5.41, 5.74) is 6.46. The van der Waals surface area contributed by atoms with Crippen LogP contribution in [0.1, 0.15) is 0 Å². The number of methoxy groups -OCH3 is 1. The molecule has 0 saturated carbocycles. The fraction of sp³-hybridized carbons (Fsp3) is 0.0769. The van der Waals surface area contributed by atoms with Gasteiger partial charge in [-0.25, -0.2) is 8.42 Å². The second-order valence-corrected chi connectivity index (χ2v) is 6.12. The van der Waals surface area contributed by atoms with Crippen molar-refractivity contribution in [1.82, 2.24) is 0 Å². The van der Waals surface area contributed by atoms with Crippen LogP contribution in [0.25, 0.3) is 0 Å². The van der Waals surface area contributed by atoms with Crippen LogP contribution >= 0.6 is 11.6 Å². The molecule has 2 aromatic carbocycles. The topological polar surface area (TPSA) is 81.4 Å². The molecule has 0 heterocycles. The Hall–Kier alpha value is -1.92. The maximum absolute atomic E-state index is 12.2. The Morgan fingerprint density at radius 3 is 2.55 bits per heavy atom. The second-order valence-electron chi connectivity index (χ2n) is 4.03. The molecule has 7 heteroatoms. The lowest BCUT2D eigenvalue weighted by molar-refractivity contribution is 0.414. The summed E-state index contributed by atoms with van der Waals surface area (Å²) < 4.78 is 31.8. The van der Waals surface area contributed by atoms with E-state index in [4.69, 9.17) is 22.1 Å². The monoisotopic (exact) mass is 312 g/mol. The van der Waals surface area contributed by atoms with Gasteiger partial charge in [-0.15, -0.1) is 0 Å². The standard InChI is InChI=1S/C13H13ClN2O3S/c1-19-13-6-5-11(8-12(13)14)20(17,18)16-10-4-2-3-9(15)7-10/h2-8,16H,15H2,1H3. The number of ether oxygens (including phenoxy) is 1. The summed E-state index contributed by atoms with van der Waals surface area (Å²) in [5.74, 6) is 0.412. The highest BCUT2D eigenvalue weighted by atomic mass is 35.5. The minimum atomic E-state index is -3.72. The van der Waals surface area contributed by atoms with Crippen LogP contribution in [0.5, 0.6) is 5.75 Å². The number of benzene rings is 2. The van der Waals surface area contributed by atoms with Gasteiger partial charge >= 0.3 is 0 Å². The molecule has 0 unspecified atom stereocenters. The molecule has 3 N–H and O–H groups in total. The van der Waals surface area contributed by atoms with Crippen molar-refractivity contribution < 1.29 is 13.2 Å². The number of hydrogen-bond acceptors (Lipinski definition) is 4. The summed E-state index contributed by atoms with van der Waals surface area (Å²) in [6, 6.07) is 10.7. The third-order valence-corrected chi connectivity index (χ3v) is 4.25. The van der Waals surface area contributed by atoms with Crippen LogP contribution in [0.2, 0.25) is 5.02 Å². The highest BCUT2D eigenvalue weighted by Crippen LogP contribution is 2.28. The molecule has 0 bridgehead atoms. The third kappa shape index (κ3) is 3.15. The Bertz CT molecular complexity index is 732. The van der Waals surface area contributed by atoms with Gasteiger partial charge in [0.15, 0.2) is 0 Å². The van der Waals surface area contributed by atoms with E-state index in [1.165, 1.54) is 31.4 Å². The molecule has 0 aliphatic carbocycles. The van der Waals surface area contributed by atoms with Crippen molar-refractivity contribution in [2.75, 3.05) is 17.6 Å². The number of anilines is 2. The van der Waals surface area contributed by atoms with E-state index in [-0.39, 0.29) is 9.92 Å². The fourth-order valence-corrected chi connectivity index (χ4v) is 3.03. The Kier molecular flexibility index (Phi) is 4.06. The largest absolute Gasteiger partial charge is 0.495 e. The maximum Gasteiger partial charge on any atom is 0.261 e. The molecular formula is C13H13ClN2O3S. The SMILES string of the molecule is COc1ccc(S(=O)(=O)Nc2cccc(N)c2)cc1Cl. The first-order valence-corrected chi connectivity index (χ1v) is 7.50. The van der Waals surface area contributed by atoms with Gasteiger partial charge in [0.25, 0.3) is 10.0 Å². The van der Waals surface area contributed by atoms with E-state index in [2.05, 4.69) is 4.72 Å². The Morgan fingerprint density at radius 1 is 1.20 bits per heavy atom. The molecule has 106 valence electrons. The molecular weight excluding hydrogens is 300 g/mol. The van der Waals surface area contributed by atoms with Crippen molar-refractivity contribution in [3.63, 3.8) is 0 Å². The van der Waals surface area contributed by atoms with Gasteiger partial charge in [-0.1, -0.05) is 17.7 Å². The molecule has 0 fully saturated rings. The Balaban J connectivity index is 2.33. The zero-order valence-electron chi connectivity index (χ0n) is 10.6. The molecule has 0 atom stereocenters. The normalized spacial score (nSPS) is 11.1. The Morgan fingerprint density at radius 2 is 1.95 bits per heavy atom. The second kappa shape index (κ2) is 5.60. The van der Waals surface area contributed by atoms with E-state index >= 15 is 0 Å². The first kappa shape index (κ1) is 14.5. The van der Waals surface area contributed by atoms with E-state index < -0.39 is 10.0 Å². The van der Waals surface area contributed by atoms with E-state index in [9.17, 15) is 8.42 Å². The predicted octanol–water partition coefficient (Wildman–Crippen LogP) is 2.73. The van der Waals surface area contributed by atoms with Gasteiger partial charge in [-0.3, -0.25) is 4.72 Å². The molecule has 0 spiro atoms. The molecule has 2 aromatic rings. The fourth-order valence-electron chi connectivity index (χ4n) is 1.63. The number of nitrogen functional groups attached to an aromatic ring is 1. The molecule has 5 nitrogen and oxygen atoms in total. The summed E-state index contributed by atoms with van der Waals surface area (Å²) >= 11 is 5.93. The van der Waals surface area contributed by atoms with E-state index in [1.807, 2.05) is 0 Å². The molecule has 2 rings (SSSR count). The number of hydrogen-bond donors (Lipinski definition) is 2. The number of sulfonamides is 1. The molecule has 0 aliphatic heterocycles. The van der Waals surface area contributed by atoms with Gasteiger partial charge in [-0.2, -0.15) is 0 Å². The average Bonchev–Trinajstić information content (AvgIpc) is 2.38. The van der Waals surface area contributed by atoms with Crippen molar-refractivity contribution >= 4 is 33.0 Å². The van der Waals surface area contributed by atoms with Gasteiger partial charge in [0.2, 0.25) is 0 Å². The van der Waals surface area contributed by atoms with Crippen LogP contribution in [0, 0.1) is 0 Å². The third-order valence-electron chi connectivity index (χ3n) is 2.57. The number of nitrogens with one attached hydrogen (secondary N) is 1. The highest BCUT2D eigenvalue weighted by molar-refractivity contribution is 7.92. The zero-order valence-corrected chi connectivity index (χ0v) is 12.2. The van der Waals surface area contributed by atoms with Crippen LogP contribution in [-0.4, -0.2) is 15.5 Å². The first-order valence-electron chi connectivity index (χ1n) is 5.64. The smallest absolute Gasteiger partial charge is 0.261 e. The number of halogens is 1. The Labute approximate surface area is 122 Å². The maximum atomic E-state index is 12.2. The summed E-state index contributed by atoms with van der Waals surface area (Å²) in [6.45, 7) is 0. The molecule has 0 radical (unpaired) electrons. The lowest BCUT2D eigenvalue weighted by Gasteiger charge is -2.10. The van der Waals surface area contributed by atoms with Crippen LogP contribution in [-0.2, 0) is 10.0 Å². The minimum Gasteiger partial charge on any atom is -0.495 e. The van der Waals surface area contributed by atoms with E-state index in [0.29, 0.717) is 17.1 Å². The van der Waals surface area contributed by atoms with Crippen LogP contribution in [0.4, 0.5) is 11.4 Å². The first-order chi connectivity index (χ1) is 9.42. The lowest BCUT2D eigenvalue weighted by atomic mass is 10.3. The molecule has 0 aromatic heterocycles. The average molecular weight is 313 g/mol. The van der Waals surface area contributed by atoms with Crippen molar-refractivity contribution in [3.05, 3.63) is 47.5 Å². The van der Waals surface area contributed by atoms with Crippen molar-refractivity contribution in [2.24, 2.45) is 0 Å². The van der Waals surface area contributed by atoms with Crippen LogP contribution in [0.3, 0.4) is 0 Å². The van der Waals surface area contributed by atoms with Gasteiger partial charge in [0.05, 0.1) is 22.7 Å². The van der Waals surface area contributed by atoms with Crippen molar-refractivity contribution in [3.8, 4) is 5.75 Å². The molecule has 0 amide bonds. The van der Waals surface area contributed by atoms with Crippen LogP contribution < -0.4 is 15.2 Å². The van der Waals surface area contributed by atoms with Crippen molar-refractivity contribution in [1.29, 1.82) is 0 Å². The van der Waals surface area contributed by atoms with Gasteiger partial charge < -0.3 is 10.5 Å². The quantitative estimate of drug-likeness (QED) is 0.851. The van der Waals surface area contributed by atoms with E-state index in [1.54, 1.807) is 18.2 Å². The van der Waals surface area contributed by atoms with Crippen molar-refractivity contribution in [2.45, 2.75) is 4.90 Å². The van der Waals surface area contributed by atoms with Gasteiger partial charge in [0, 0.05) is 5.69 Å². The predicted molar refractivity (Wildman–Crippen MR) is 79.7 cm³/mol. The zero-order chi connectivity index (χ0) is 14.8. The number of rotatable bonds is 4. The highest BCUT2D eigenvalue weighted by Gasteiger charge is 2.16. The molecule has 20 heavy (non-hydrogen) atoms. The number of nitrogens with two attached hydrogens (primary N) is 1. The summed E-state index contributed by atoms with van der Waals surface area (Å²) in [4.78, 5) is 0.0470. The summed E-state index contributed by atoms with van der Waals surface area (Å²) in [6.07, 6.45) is 0. The lowest BCUT2D eigenvalue weighted by Crippen LogP contribution is -2.13.